The van der Waals surface area contributed by atoms with Crippen molar-refractivity contribution in [2.24, 2.45) is 11.8 Å². The molecule has 4 rings (SSSR count). The Balaban J connectivity index is 1.58. The largest absolute Gasteiger partial charge is 0.480 e. The van der Waals surface area contributed by atoms with Gasteiger partial charge in [-0.2, -0.15) is 5.10 Å². The summed E-state index contributed by atoms with van der Waals surface area (Å²) in [6.07, 6.45) is 4.33. The minimum atomic E-state index is -0.903. The maximum Gasteiger partial charge on any atom is 0.329 e. The number of aromatic nitrogens is 2. The lowest BCUT2D eigenvalue weighted by Crippen LogP contribution is -2.23. The van der Waals surface area contributed by atoms with Crippen molar-refractivity contribution in [2.45, 2.75) is 44.2 Å². The first-order chi connectivity index (χ1) is 17.7. The molecule has 0 spiro atoms. The number of ether oxygens (including phenoxy) is 2. The van der Waals surface area contributed by atoms with Gasteiger partial charge in [-0.3, -0.25) is 4.68 Å². The molecule has 1 heterocycles. The smallest absolute Gasteiger partial charge is 0.329 e. The molecular weight excluding hydrogens is 472 g/mol. The van der Waals surface area contributed by atoms with Crippen molar-refractivity contribution in [3.05, 3.63) is 60.7 Å². The van der Waals surface area contributed by atoms with Crippen LogP contribution in [0.25, 0.3) is 22.4 Å². The molecule has 2 aromatic carbocycles. The van der Waals surface area contributed by atoms with Crippen molar-refractivity contribution in [1.82, 2.24) is 9.78 Å². The number of carboxylic acids is 1. The van der Waals surface area contributed by atoms with E-state index in [0.29, 0.717) is 25.0 Å². The van der Waals surface area contributed by atoms with Crippen LogP contribution in [0.1, 0.15) is 32.6 Å². The van der Waals surface area contributed by atoms with Gasteiger partial charge in [0.15, 0.2) is 0 Å². The third-order valence-electron chi connectivity index (χ3n) is 6.68. The molecule has 1 aliphatic rings. The Morgan fingerprint density at radius 2 is 1.61 bits per heavy atom. The fraction of sp³-hybridized carbons (Fsp3) is 0.448. The molecule has 1 aromatic heterocycles. The van der Waals surface area contributed by atoms with Gasteiger partial charge in [-0.15, -0.1) is 11.8 Å². The van der Waals surface area contributed by atoms with E-state index in [-0.39, 0.29) is 6.61 Å². The molecule has 36 heavy (non-hydrogen) atoms. The lowest BCUT2D eigenvalue weighted by Gasteiger charge is -2.28. The number of hydrogen-bond donors (Lipinski definition) is 1. The maximum atomic E-state index is 10.7. The van der Waals surface area contributed by atoms with Gasteiger partial charge in [0.25, 0.3) is 0 Å². The molecule has 1 fully saturated rings. The fourth-order valence-electron chi connectivity index (χ4n) is 4.91. The number of carbonyl (C=O) groups is 1. The Morgan fingerprint density at radius 1 is 0.972 bits per heavy atom. The van der Waals surface area contributed by atoms with Crippen molar-refractivity contribution >= 4 is 17.7 Å². The van der Waals surface area contributed by atoms with Gasteiger partial charge >= 0.3 is 5.97 Å². The zero-order valence-corrected chi connectivity index (χ0v) is 21.8. The van der Waals surface area contributed by atoms with Crippen LogP contribution in [0.5, 0.6) is 0 Å². The summed E-state index contributed by atoms with van der Waals surface area (Å²) in [6, 6.07) is 21.1. The van der Waals surface area contributed by atoms with E-state index >= 15 is 0 Å². The predicted octanol–water partition coefficient (Wildman–Crippen LogP) is 6.25. The van der Waals surface area contributed by atoms with E-state index in [0.717, 1.165) is 49.6 Å². The minimum absolute atomic E-state index is 0.209. The first-order valence-electron chi connectivity index (χ1n) is 12.9. The number of hydrogen-bond acceptors (Lipinski definition) is 5. The summed E-state index contributed by atoms with van der Waals surface area (Å²) in [5, 5.41) is 15.0. The lowest BCUT2D eigenvalue weighted by atomic mass is 9.82. The average Bonchev–Trinajstić information content (AvgIpc) is 3.26. The van der Waals surface area contributed by atoms with Crippen LogP contribution >= 0.6 is 11.8 Å². The third-order valence-corrected chi connectivity index (χ3v) is 7.61. The number of aliphatic carboxylic acids is 1. The van der Waals surface area contributed by atoms with E-state index in [9.17, 15) is 4.79 Å². The normalized spacial score (nSPS) is 17.8. The summed E-state index contributed by atoms with van der Waals surface area (Å²) >= 11 is 1.76. The van der Waals surface area contributed by atoms with E-state index in [1.165, 1.54) is 22.4 Å². The zero-order valence-electron chi connectivity index (χ0n) is 21.0. The zero-order chi connectivity index (χ0) is 25.2. The molecule has 1 N–H and O–H groups in total. The van der Waals surface area contributed by atoms with Crippen molar-refractivity contribution in [2.75, 3.05) is 32.2 Å². The van der Waals surface area contributed by atoms with Gasteiger partial charge in [-0.25, -0.2) is 4.79 Å². The molecule has 1 aliphatic carbocycles. The van der Waals surface area contributed by atoms with Gasteiger partial charge in [0.1, 0.15) is 11.6 Å². The van der Waals surface area contributed by atoms with Crippen molar-refractivity contribution in [1.29, 1.82) is 0 Å². The second kappa shape index (κ2) is 13.6. The molecule has 0 saturated heterocycles. The van der Waals surface area contributed by atoms with Crippen LogP contribution in [0.2, 0.25) is 0 Å². The van der Waals surface area contributed by atoms with Crippen LogP contribution in [0.4, 0.5) is 0 Å². The minimum Gasteiger partial charge on any atom is -0.480 e. The Hall–Kier alpha value is -2.61. The van der Waals surface area contributed by atoms with Gasteiger partial charge < -0.3 is 14.6 Å². The van der Waals surface area contributed by atoms with E-state index in [4.69, 9.17) is 19.7 Å². The summed E-state index contributed by atoms with van der Waals surface area (Å²) in [4.78, 5) is 10.7. The summed E-state index contributed by atoms with van der Waals surface area (Å²) in [7, 11) is 0. The van der Waals surface area contributed by atoms with Crippen LogP contribution < -0.4 is 0 Å². The second-order valence-corrected chi connectivity index (χ2v) is 10.4. The standard InChI is InChI=1S/C29H36N2O4S/c1-2-34-17-18-36-29-27(24-9-5-3-6-10-24)28(25-11-7-4-8-12-25)31(30-29)19-22-13-15-23(16-14-22)20-35-21-26(32)33/h3-12,22-23H,2,13-21H2,1H3,(H,32,33)/t22-,23-. The Bertz CT molecular complexity index is 1080. The summed E-state index contributed by atoms with van der Waals surface area (Å²) in [5.41, 5.74) is 4.73. The van der Waals surface area contributed by atoms with E-state index in [1.54, 1.807) is 11.8 Å². The van der Waals surface area contributed by atoms with Crippen LogP contribution in [0.3, 0.4) is 0 Å². The highest BCUT2D eigenvalue weighted by Gasteiger charge is 2.26. The summed E-state index contributed by atoms with van der Waals surface area (Å²) in [5.74, 6) is 0.935. The van der Waals surface area contributed by atoms with Gasteiger partial charge in [0.05, 0.1) is 18.9 Å². The molecule has 1 saturated carbocycles. The molecule has 192 valence electrons. The number of carboxylic acid groups (broad SMARTS) is 1. The number of benzene rings is 2. The number of nitrogens with zero attached hydrogens (tertiary/aromatic N) is 2. The highest BCUT2D eigenvalue weighted by molar-refractivity contribution is 7.99. The fourth-order valence-corrected chi connectivity index (χ4v) is 5.82. The highest BCUT2D eigenvalue weighted by Crippen LogP contribution is 2.41. The molecule has 3 aromatic rings. The summed E-state index contributed by atoms with van der Waals surface area (Å²) in [6.45, 7) is 4.65. The van der Waals surface area contributed by atoms with Gasteiger partial charge in [-0.1, -0.05) is 60.7 Å². The molecule has 0 bridgehead atoms. The Labute approximate surface area is 218 Å². The summed E-state index contributed by atoms with van der Waals surface area (Å²) < 4.78 is 13.2. The molecule has 7 heteroatoms. The first-order valence-corrected chi connectivity index (χ1v) is 13.9. The first kappa shape index (κ1) is 26.5. The highest BCUT2D eigenvalue weighted by atomic mass is 32.2. The van der Waals surface area contributed by atoms with Crippen molar-refractivity contribution in [3.63, 3.8) is 0 Å². The molecule has 0 atom stereocenters. The lowest BCUT2D eigenvalue weighted by molar-refractivity contribution is -0.142. The van der Waals surface area contributed by atoms with Gasteiger partial charge in [0, 0.05) is 30.0 Å². The van der Waals surface area contributed by atoms with Crippen LogP contribution in [0, 0.1) is 11.8 Å². The SMILES string of the molecule is CCOCCSc1nn(C[C@H]2CC[C@H](COCC(=O)O)CC2)c(-c2ccccc2)c1-c1ccccc1. The molecule has 0 radical (unpaired) electrons. The van der Waals surface area contributed by atoms with E-state index < -0.39 is 5.97 Å². The third kappa shape index (κ3) is 7.21. The van der Waals surface area contributed by atoms with E-state index in [1.807, 2.05) is 6.92 Å². The quantitative estimate of drug-likeness (QED) is 0.217. The molecule has 6 nitrogen and oxygen atoms in total. The number of thioether (sulfide) groups is 1. The maximum absolute atomic E-state index is 10.7. The van der Waals surface area contributed by atoms with Crippen molar-refractivity contribution in [3.8, 4) is 22.4 Å². The van der Waals surface area contributed by atoms with E-state index in [2.05, 4.69) is 65.3 Å². The Morgan fingerprint density at radius 3 is 2.25 bits per heavy atom. The van der Waals surface area contributed by atoms with Crippen LogP contribution in [-0.2, 0) is 20.8 Å². The predicted molar refractivity (Wildman–Crippen MR) is 144 cm³/mol. The molecule has 0 amide bonds. The van der Waals surface area contributed by atoms with Gasteiger partial charge in [0.2, 0.25) is 0 Å². The second-order valence-electron chi connectivity index (χ2n) is 9.28. The molecule has 0 unspecified atom stereocenters. The topological polar surface area (TPSA) is 73.6 Å². The van der Waals surface area contributed by atoms with Gasteiger partial charge in [-0.05, 0) is 50.0 Å². The average molecular weight is 509 g/mol. The molecule has 0 aliphatic heterocycles. The Kier molecular flexibility index (Phi) is 10.0. The van der Waals surface area contributed by atoms with Crippen molar-refractivity contribution < 1.29 is 19.4 Å². The number of rotatable bonds is 13. The van der Waals surface area contributed by atoms with Crippen LogP contribution in [-0.4, -0.2) is 53.0 Å². The molecular formula is C29H36N2O4S. The van der Waals surface area contributed by atoms with Crippen LogP contribution in [0.15, 0.2) is 65.7 Å². The monoisotopic (exact) mass is 508 g/mol.